The van der Waals surface area contributed by atoms with Crippen LogP contribution in [0.1, 0.15) is 0 Å². The van der Waals surface area contributed by atoms with E-state index in [2.05, 4.69) is 14.9 Å². The van der Waals surface area contributed by atoms with Gasteiger partial charge in [0.15, 0.2) is 5.52 Å². The Labute approximate surface area is 205 Å². The summed E-state index contributed by atoms with van der Waals surface area (Å²) in [5, 5.41) is 9.66. The number of sulfonamides is 1. The van der Waals surface area contributed by atoms with Crippen LogP contribution in [-0.2, 0) is 10.0 Å². The highest BCUT2D eigenvalue weighted by atomic mass is 32.2. The van der Waals surface area contributed by atoms with Crippen molar-refractivity contribution in [2.24, 2.45) is 5.14 Å². The Bertz CT molecular complexity index is 1820. The fourth-order valence-corrected chi connectivity index (χ4v) is 4.68. The summed E-state index contributed by atoms with van der Waals surface area (Å²) in [6.45, 7) is 7.45. The zero-order valence-corrected chi connectivity index (χ0v) is 19.7. The second-order valence-corrected chi connectivity index (χ2v) is 9.28. The van der Waals surface area contributed by atoms with E-state index in [-0.39, 0.29) is 21.7 Å². The molecule has 36 heavy (non-hydrogen) atoms. The van der Waals surface area contributed by atoms with Gasteiger partial charge in [0.1, 0.15) is 17.6 Å². The Morgan fingerprint density at radius 3 is 2.28 bits per heavy atom. The van der Waals surface area contributed by atoms with Crippen molar-refractivity contribution in [3.05, 3.63) is 101 Å². The summed E-state index contributed by atoms with van der Waals surface area (Å²) in [6.07, 6.45) is 1.34. The van der Waals surface area contributed by atoms with Crippen LogP contribution in [0.4, 0.5) is 5.82 Å². The molecule has 0 unspecified atom stereocenters. The molecule has 0 aliphatic carbocycles. The Morgan fingerprint density at radius 2 is 1.64 bits per heavy atom. The Hall–Kier alpha value is -4.79. The molecule has 0 aliphatic rings. The molecule has 0 amide bonds. The van der Waals surface area contributed by atoms with Gasteiger partial charge in [0.2, 0.25) is 10.0 Å². The van der Waals surface area contributed by atoms with Crippen molar-refractivity contribution in [3.8, 4) is 28.3 Å². The number of methoxy groups -OCH3 is 1. The minimum Gasteiger partial charge on any atom is -0.497 e. The predicted molar refractivity (Wildman–Crippen MR) is 134 cm³/mol. The van der Waals surface area contributed by atoms with Crippen molar-refractivity contribution in [3.63, 3.8) is 0 Å². The van der Waals surface area contributed by atoms with Crippen LogP contribution in [0.25, 0.3) is 38.4 Å². The van der Waals surface area contributed by atoms with Crippen LogP contribution in [-0.4, -0.2) is 34.9 Å². The number of rotatable bonds is 5. The average Bonchev–Trinajstić information content (AvgIpc) is 3.28. The monoisotopic (exact) mass is 498 g/mol. The molecule has 2 aromatic heterocycles. The van der Waals surface area contributed by atoms with Crippen LogP contribution >= 0.6 is 0 Å². The van der Waals surface area contributed by atoms with Gasteiger partial charge in [0.25, 0.3) is 5.56 Å². The van der Waals surface area contributed by atoms with Crippen molar-refractivity contribution < 1.29 is 13.2 Å². The van der Waals surface area contributed by atoms with Gasteiger partial charge < -0.3 is 9.58 Å². The summed E-state index contributed by atoms with van der Waals surface area (Å²) < 4.78 is 31.9. The highest BCUT2D eigenvalue weighted by Crippen LogP contribution is 2.28. The maximum absolute atomic E-state index is 13.6. The van der Waals surface area contributed by atoms with Crippen molar-refractivity contribution in [1.82, 2.24) is 19.3 Å². The maximum Gasteiger partial charge on any atom is 0.322 e. The summed E-state index contributed by atoms with van der Waals surface area (Å²) in [5.74, 6) is 0.653. The van der Waals surface area contributed by atoms with Crippen LogP contribution in [0.15, 0.2) is 88.8 Å². The molecular formula is C25H18N6O4S. The highest BCUT2D eigenvalue weighted by molar-refractivity contribution is 7.89. The maximum atomic E-state index is 13.6. The van der Waals surface area contributed by atoms with Gasteiger partial charge in [0, 0.05) is 5.56 Å². The van der Waals surface area contributed by atoms with Gasteiger partial charge in [-0.1, -0.05) is 36.9 Å². The third-order valence-corrected chi connectivity index (χ3v) is 6.61. The predicted octanol–water partition coefficient (Wildman–Crippen LogP) is 3.45. The number of ether oxygens (including phenoxy) is 1. The number of benzene rings is 3. The van der Waals surface area contributed by atoms with Crippen LogP contribution in [0, 0.1) is 6.57 Å². The zero-order valence-electron chi connectivity index (χ0n) is 18.9. The van der Waals surface area contributed by atoms with E-state index in [1.54, 1.807) is 73.8 Å². The van der Waals surface area contributed by atoms with Gasteiger partial charge in [0.05, 0.1) is 23.4 Å². The first-order valence-corrected chi connectivity index (χ1v) is 12.1. The molecule has 5 aromatic rings. The third kappa shape index (κ3) is 3.90. The number of aromatic nitrogens is 4. The first-order valence-electron chi connectivity index (χ1n) is 10.6. The number of hydrogen-bond donors (Lipinski definition) is 1. The van der Waals surface area contributed by atoms with Crippen molar-refractivity contribution in [2.75, 3.05) is 7.11 Å². The summed E-state index contributed by atoms with van der Waals surface area (Å²) >= 11 is 0. The van der Waals surface area contributed by atoms with Crippen LogP contribution in [0.2, 0.25) is 0 Å². The van der Waals surface area contributed by atoms with Gasteiger partial charge in [-0.25, -0.2) is 18.5 Å². The van der Waals surface area contributed by atoms with E-state index < -0.39 is 15.6 Å². The molecule has 0 saturated heterocycles. The van der Waals surface area contributed by atoms with Crippen LogP contribution in [0.3, 0.4) is 0 Å². The second kappa shape index (κ2) is 8.77. The largest absolute Gasteiger partial charge is 0.497 e. The van der Waals surface area contributed by atoms with E-state index >= 15 is 0 Å². The molecule has 10 nitrogen and oxygen atoms in total. The summed E-state index contributed by atoms with van der Waals surface area (Å²) in [7, 11) is -2.37. The van der Waals surface area contributed by atoms with E-state index in [0.717, 1.165) is 0 Å². The van der Waals surface area contributed by atoms with E-state index in [9.17, 15) is 13.2 Å². The van der Waals surface area contributed by atoms with E-state index in [0.29, 0.717) is 28.3 Å². The van der Waals surface area contributed by atoms with Gasteiger partial charge in [-0.15, -0.1) is 0 Å². The van der Waals surface area contributed by atoms with Crippen molar-refractivity contribution >= 4 is 26.9 Å². The molecule has 2 N–H and O–H groups in total. The molecule has 3 aromatic carbocycles. The average molecular weight is 499 g/mol. The lowest BCUT2D eigenvalue weighted by Gasteiger charge is -2.10. The van der Waals surface area contributed by atoms with E-state index in [4.69, 9.17) is 16.4 Å². The van der Waals surface area contributed by atoms with Crippen LogP contribution in [0.5, 0.6) is 5.75 Å². The number of primary sulfonamides is 1. The van der Waals surface area contributed by atoms with E-state index in [1.165, 1.54) is 21.6 Å². The smallest absolute Gasteiger partial charge is 0.322 e. The number of hydrogen-bond acceptors (Lipinski definition) is 6. The van der Waals surface area contributed by atoms with Gasteiger partial charge in [-0.2, -0.15) is 4.68 Å². The molecule has 0 radical (unpaired) electrons. The summed E-state index contributed by atoms with van der Waals surface area (Å²) in [6, 6.07) is 20.1. The van der Waals surface area contributed by atoms with E-state index in [1.807, 2.05) is 0 Å². The Morgan fingerprint density at radius 1 is 0.972 bits per heavy atom. The number of nitrogens with zero attached hydrogens (tertiary/aromatic N) is 5. The molecule has 2 heterocycles. The Balaban J connectivity index is 1.63. The molecule has 0 saturated carbocycles. The highest BCUT2D eigenvalue weighted by Gasteiger charge is 2.21. The Kier molecular flexibility index (Phi) is 5.60. The molecule has 0 fully saturated rings. The first-order chi connectivity index (χ1) is 17.3. The first kappa shape index (κ1) is 23.0. The van der Waals surface area contributed by atoms with Crippen LogP contribution < -0.4 is 15.4 Å². The topological polar surface area (TPSA) is 126 Å². The normalized spacial score (nSPS) is 11.4. The van der Waals surface area contributed by atoms with Crippen molar-refractivity contribution in [1.29, 1.82) is 0 Å². The van der Waals surface area contributed by atoms with Gasteiger partial charge >= 0.3 is 5.82 Å². The quantitative estimate of drug-likeness (QED) is 0.370. The zero-order chi connectivity index (χ0) is 25.4. The molecule has 178 valence electrons. The standard InChI is InChI=1S/C25H18N6O4S/c1-27-24-22-23(31(29-24)18-11-13-19(35-2)14-12-18)25(32)30(15-28-22)17-9-7-16(8-10-17)20-5-3-4-6-21(20)36(26,33)34/h3-15H,2H3,(H2,26,33,34). The summed E-state index contributed by atoms with van der Waals surface area (Å²) in [5.41, 5.74) is 2.06. The fraction of sp³-hybridized carbons (Fsp3) is 0.0400. The minimum absolute atomic E-state index is 0.00747. The molecule has 0 spiro atoms. The molecule has 5 rings (SSSR count). The number of fused-ring (bicyclic) bond motifs is 1. The lowest BCUT2D eigenvalue weighted by Crippen LogP contribution is -2.21. The molecule has 0 atom stereocenters. The minimum atomic E-state index is -3.92. The van der Waals surface area contributed by atoms with Gasteiger partial charge in [-0.3, -0.25) is 9.36 Å². The SMILES string of the molecule is [C-]#[N+]c1nn(-c2ccc(OC)cc2)c2c(=O)n(-c3ccc(-c4ccccc4S(N)(=O)=O)cc3)cnc12. The fourth-order valence-electron chi connectivity index (χ4n) is 3.92. The lowest BCUT2D eigenvalue weighted by atomic mass is 10.1. The molecule has 11 heteroatoms. The lowest BCUT2D eigenvalue weighted by molar-refractivity contribution is 0.414. The third-order valence-electron chi connectivity index (χ3n) is 5.64. The summed E-state index contributed by atoms with van der Waals surface area (Å²) in [4.78, 5) is 21.3. The molecule has 0 aliphatic heterocycles. The molecule has 0 bridgehead atoms. The van der Waals surface area contributed by atoms with Crippen molar-refractivity contribution in [2.45, 2.75) is 4.90 Å². The number of nitrogens with two attached hydrogens (primary N) is 1. The second-order valence-electron chi connectivity index (χ2n) is 7.75. The molecular weight excluding hydrogens is 480 g/mol. The van der Waals surface area contributed by atoms with Gasteiger partial charge in [-0.05, 0) is 53.1 Å².